The largest absolute Gasteiger partial charge is 0.491 e. The molecule has 14 heavy (non-hydrogen) atoms. The normalized spacial score (nSPS) is 10.7. The number of aliphatic hydroxyl groups excluding tert-OH is 1. The number of hydrogen-bond acceptors (Lipinski definition) is 3. The Kier molecular flexibility index (Phi) is 4.75. The molecule has 3 heteroatoms. The number of rotatable bonds is 5. The molecule has 3 N–H and O–H groups in total. The average molecular weight is 193 g/mol. The first-order valence-corrected chi connectivity index (χ1v) is 4.57. The van der Waals surface area contributed by atoms with Crippen molar-refractivity contribution in [3.8, 4) is 5.75 Å². The van der Waals surface area contributed by atoms with E-state index in [4.69, 9.17) is 15.6 Å². The summed E-state index contributed by atoms with van der Waals surface area (Å²) in [5.41, 5.74) is 6.34. The molecule has 0 aromatic heterocycles. The molecule has 0 fully saturated rings. The number of aliphatic hydroxyl groups is 1. The molecular formula is C11H15NO2. The first-order valence-electron chi connectivity index (χ1n) is 4.57. The van der Waals surface area contributed by atoms with Crippen molar-refractivity contribution in [2.24, 2.45) is 5.73 Å². The van der Waals surface area contributed by atoms with Gasteiger partial charge in [-0.3, -0.25) is 0 Å². The van der Waals surface area contributed by atoms with Gasteiger partial charge in [0.25, 0.3) is 0 Å². The second kappa shape index (κ2) is 6.18. The Hall–Kier alpha value is -1.32. The number of nitrogens with two attached hydrogens (primary N) is 1. The SMILES string of the molecule is NC/C=C\c1ccccc1OCCO. The van der Waals surface area contributed by atoms with Gasteiger partial charge < -0.3 is 15.6 Å². The van der Waals surface area contributed by atoms with Crippen LogP contribution in [0.15, 0.2) is 30.3 Å². The van der Waals surface area contributed by atoms with E-state index >= 15 is 0 Å². The Balaban J connectivity index is 2.74. The second-order valence-corrected chi connectivity index (χ2v) is 2.75. The molecule has 0 aliphatic heterocycles. The fourth-order valence-electron chi connectivity index (χ4n) is 1.10. The van der Waals surface area contributed by atoms with Gasteiger partial charge in [-0.2, -0.15) is 0 Å². The minimum Gasteiger partial charge on any atom is -0.491 e. The van der Waals surface area contributed by atoms with E-state index < -0.39 is 0 Å². The summed E-state index contributed by atoms with van der Waals surface area (Å²) < 4.78 is 5.34. The maximum atomic E-state index is 8.63. The maximum Gasteiger partial charge on any atom is 0.126 e. The van der Waals surface area contributed by atoms with Crippen LogP contribution in [0.3, 0.4) is 0 Å². The molecule has 0 bridgehead atoms. The van der Waals surface area contributed by atoms with Crippen LogP contribution in [0.5, 0.6) is 5.75 Å². The van der Waals surface area contributed by atoms with Gasteiger partial charge in [0.15, 0.2) is 0 Å². The van der Waals surface area contributed by atoms with E-state index in [1.165, 1.54) is 0 Å². The van der Waals surface area contributed by atoms with Gasteiger partial charge in [-0.05, 0) is 6.07 Å². The lowest BCUT2D eigenvalue weighted by Crippen LogP contribution is -2.02. The maximum absolute atomic E-state index is 8.63. The summed E-state index contributed by atoms with van der Waals surface area (Å²) in [6, 6.07) is 7.64. The van der Waals surface area contributed by atoms with Gasteiger partial charge in [-0.25, -0.2) is 0 Å². The van der Waals surface area contributed by atoms with E-state index in [0.717, 1.165) is 11.3 Å². The van der Waals surface area contributed by atoms with Gasteiger partial charge in [0.2, 0.25) is 0 Å². The molecule has 0 heterocycles. The van der Waals surface area contributed by atoms with E-state index in [0.29, 0.717) is 13.2 Å². The molecule has 0 radical (unpaired) electrons. The summed E-state index contributed by atoms with van der Waals surface area (Å²) in [6.07, 6.45) is 3.77. The minimum atomic E-state index is 0.0228. The highest BCUT2D eigenvalue weighted by molar-refractivity contribution is 5.57. The van der Waals surface area contributed by atoms with Gasteiger partial charge in [0.1, 0.15) is 12.4 Å². The Labute approximate surface area is 83.8 Å². The van der Waals surface area contributed by atoms with Crippen molar-refractivity contribution >= 4 is 6.08 Å². The van der Waals surface area contributed by atoms with Gasteiger partial charge in [-0.15, -0.1) is 0 Å². The van der Waals surface area contributed by atoms with Crippen LogP contribution in [0.2, 0.25) is 0 Å². The van der Waals surface area contributed by atoms with E-state index in [1.807, 2.05) is 36.4 Å². The van der Waals surface area contributed by atoms with Crippen molar-refractivity contribution in [1.29, 1.82) is 0 Å². The lowest BCUT2D eigenvalue weighted by Gasteiger charge is -2.06. The van der Waals surface area contributed by atoms with Crippen molar-refractivity contribution < 1.29 is 9.84 Å². The monoisotopic (exact) mass is 193 g/mol. The summed E-state index contributed by atoms with van der Waals surface area (Å²) in [6.45, 7) is 0.844. The zero-order chi connectivity index (χ0) is 10.2. The average Bonchev–Trinajstić information content (AvgIpc) is 2.24. The first-order chi connectivity index (χ1) is 6.88. The zero-order valence-electron chi connectivity index (χ0n) is 8.02. The van der Waals surface area contributed by atoms with Crippen molar-refractivity contribution in [1.82, 2.24) is 0 Å². The predicted molar refractivity (Wildman–Crippen MR) is 57.1 cm³/mol. The molecule has 0 amide bonds. The molecule has 0 aliphatic carbocycles. The summed E-state index contributed by atoms with van der Waals surface area (Å²) in [4.78, 5) is 0. The molecular weight excluding hydrogens is 178 g/mol. The topological polar surface area (TPSA) is 55.5 Å². The second-order valence-electron chi connectivity index (χ2n) is 2.75. The molecule has 0 aliphatic rings. The van der Waals surface area contributed by atoms with Gasteiger partial charge in [-0.1, -0.05) is 30.4 Å². The number of para-hydroxylation sites is 1. The third kappa shape index (κ3) is 3.20. The summed E-state index contributed by atoms with van der Waals surface area (Å²) in [7, 11) is 0. The highest BCUT2D eigenvalue weighted by Gasteiger charge is 1.97. The Bertz CT molecular complexity index is 297. The van der Waals surface area contributed by atoms with E-state index in [2.05, 4.69) is 0 Å². The van der Waals surface area contributed by atoms with Crippen molar-refractivity contribution in [3.63, 3.8) is 0 Å². The van der Waals surface area contributed by atoms with Crippen LogP contribution in [0.1, 0.15) is 5.56 Å². The lowest BCUT2D eigenvalue weighted by atomic mass is 10.2. The predicted octanol–water partition coefficient (Wildman–Crippen LogP) is 1.03. The van der Waals surface area contributed by atoms with E-state index in [-0.39, 0.29) is 6.61 Å². The molecule has 0 saturated carbocycles. The quantitative estimate of drug-likeness (QED) is 0.734. The Morgan fingerprint density at radius 2 is 2.14 bits per heavy atom. The highest BCUT2D eigenvalue weighted by Crippen LogP contribution is 2.18. The zero-order valence-corrected chi connectivity index (χ0v) is 8.02. The number of benzene rings is 1. The molecule has 0 saturated heterocycles. The fourth-order valence-corrected chi connectivity index (χ4v) is 1.10. The molecule has 1 aromatic rings. The molecule has 1 rings (SSSR count). The molecule has 76 valence electrons. The molecule has 0 spiro atoms. The summed E-state index contributed by atoms with van der Waals surface area (Å²) in [5.74, 6) is 0.770. The van der Waals surface area contributed by atoms with Crippen molar-refractivity contribution in [2.75, 3.05) is 19.8 Å². The van der Waals surface area contributed by atoms with Crippen LogP contribution in [0, 0.1) is 0 Å². The summed E-state index contributed by atoms with van der Waals surface area (Å²) in [5, 5.41) is 8.63. The standard InChI is InChI=1S/C11H15NO2/c12-7-3-5-10-4-1-2-6-11(10)14-9-8-13/h1-6,13H,7-9,12H2/b5-3-. The first kappa shape index (κ1) is 10.8. The molecule has 1 aromatic carbocycles. The summed E-state index contributed by atoms with van der Waals surface area (Å²) >= 11 is 0. The van der Waals surface area contributed by atoms with Gasteiger partial charge in [0.05, 0.1) is 6.61 Å². The van der Waals surface area contributed by atoms with Gasteiger partial charge >= 0.3 is 0 Å². The van der Waals surface area contributed by atoms with Crippen LogP contribution in [0.4, 0.5) is 0 Å². The third-order valence-electron chi connectivity index (χ3n) is 1.70. The van der Waals surface area contributed by atoms with E-state index in [1.54, 1.807) is 0 Å². The Morgan fingerprint density at radius 1 is 1.36 bits per heavy atom. The van der Waals surface area contributed by atoms with Gasteiger partial charge in [0, 0.05) is 12.1 Å². The molecule has 0 unspecified atom stereocenters. The van der Waals surface area contributed by atoms with Crippen LogP contribution in [0.25, 0.3) is 6.08 Å². The van der Waals surface area contributed by atoms with Crippen LogP contribution in [-0.4, -0.2) is 24.9 Å². The van der Waals surface area contributed by atoms with Crippen LogP contribution < -0.4 is 10.5 Å². The smallest absolute Gasteiger partial charge is 0.126 e. The van der Waals surface area contributed by atoms with Crippen molar-refractivity contribution in [2.45, 2.75) is 0 Å². The van der Waals surface area contributed by atoms with Crippen LogP contribution >= 0.6 is 0 Å². The highest BCUT2D eigenvalue weighted by atomic mass is 16.5. The minimum absolute atomic E-state index is 0.0228. The van der Waals surface area contributed by atoms with Crippen LogP contribution in [-0.2, 0) is 0 Å². The lowest BCUT2D eigenvalue weighted by molar-refractivity contribution is 0.201. The molecule has 3 nitrogen and oxygen atoms in total. The fraction of sp³-hybridized carbons (Fsp3) is 0.273. The number of ether oxygens (including phenoxy) is 1. The van der Waals surface area contributed by atoms with Crippen molar-refractivity contribution in [3.05, 3.63) is 35.9 Å². The van der Waals surface area contributed by atoms with E-state index in [9.17, 15) is 0 Å². The molecule has 0 atom stereocenters. The number of hydrogen-bond donors (Lipinski definition) is 2. The third-order valence-corrected chi connectivity index (χ3v) is 1.70. The Morgan fingerprint density at radius 3 is 2.86 bits per heavy atom.